The molecule has 0 saturated carbocycles. The number of carbonyl (C=O) groups is 2. The summed E-state index contributed by atoms with van der Waals surface area (Å²) in [5.74, 6) is -1.23. The van der Waals surface area contributed by atoms with Crippen molar-refractivity contribution in [2.45, 2.75) is 13.0 Å². The number of ether oxygens (including phenoxy) is 1. The van der Waals surface area contributed by atoms with Crippen LogP contribution in [0.1, 0.15) is 18.2 Å². The summed E-state index contributed by atoms with van der Waals surface area (Å²) in [5.41, 5.74) is 1.53. The average Bonchev–Trinajstić information content (AvgIpc) is 3.22. The van der Waals surface area contributed by atoms with Crippen molar-refractivity contribution >= 4 is 51.5 Å². The Labute approximate surface area is 163 Å². The fourth-order valence-electron chi connectivity index (χ4n) is 2.26. The lowest BCUT2D eigenvalue weighted by molar-refractivity contribution is -0.148. The van der Waals surface area contributed by atoms with E-state index in [0.717, 1.165) is 0 Å². The van der Waals surface area contributed by atoms with Crippen LogP contribution in [0.25, 0.3) is 11.7 Å². The summed E-state index contributed by atoms with van der Waals surface area (Å²) in [4.78, 5) is 28.3. The van der Waals surface area contributed by atoms with E-state index >= 15 is 0 Å². The van der Waals surface area contributed by atoms with Gasteiger partial charge in [0.05, 0.1) is 11.3 Å². The number of nitriles is 1. The summed E-state index contributed by atoms with van der Waals surface area (Å²) < 4.78 is 6.82. The largest absolute Gasteiger partial charge is 0.449 e. The Morgan fingerprint density at radius 2 is 2.26 bits per heavy atom. The molecule has 0 saturated heterocycles. The van der Waals surface area contributed by atoms with Crippen LogP contribution in [0.4, 0.5) is 5.00 Å². The van der Waals surface area contributed by atoms with Crippen molar-refractivity contribution in [1.29, 1.82) is 5.26 Å². The fraction of sp³-hybridized carbons (Fsp3) is 0.111. The predicted molar refractivity (Wildman–Crippen MR) is 102 cm³/mol. The number of rotatable bonds is 5. The van der Waals surface area contributed by atoms with Crippen molar-refractivity contribution in [3.8, 4) is 6.07 Å². The van der Waals surface area contributed by atoms with E-state index in [1.54, 1.807) is 28.1 Å². The van der Waals surface area contributed by atoms with Crippen LogP contribution >= 0.6 is 22.9 Å². The minimum atomic E-state index is -1.03. The number of halogens is 1. The Morgan fingerprint density at radius 1 is 1.44 bits per heavy atom. The Balaban J connectivity index is 1.64. The van der Waals surface area contributed by atoms with Gasteiger partial charge in [-0.3, -0.25) is 9.20 Å². The molecule has 0 spiro atoms. The van der Waals surface area contributed by atoms with Crippen molar-refractivity contribution < 1.29 is 14.3 Å². The molecule has 27 heavy (non-hydrogen) atoms. The highest BCUT2D eigenvalue weighted by atomic mass is 35.5. The molecule has 3 rings (SSSR count). The lowest BCUT2D eigenvalue weighted by atomic mass is 10.3. The van der Waals surface area contributed by atoms with E-state index in [1.807, 2.05) is 18.2 Å². The lowest BCUT2D eigenvalue weighted by Crippen LogP contribution is -2.29. The number of anilines is 1. The van der Waals surface area contributed by atoms with Crippen LogP contribution in [-0.2, 0) is 14.3 Å². The van der Waals surface area contributed by atoms with E-state index in [4.69, 9.17) is 21.6 Å². The smallest absolute Gasteiger partial charge is 0.331 e. The van der Waals surface area contributed by atoms with Crippen LogP contribution in [0.2, 0.25) is 5.15 Å². The van der Waals surface area contributed by atoms with Crippen LogP contribution in [0.5, 0.6) is 0 Å². The third-order valence-electron chi connectivity index (χ3n) is 3.58. The maximum Gasteiger partial charge on any atom is 0.331 e. The Kier molecular flexibility index (Phi) is 5.54. The number of aromatic nitrogens is 2. The zero-order chi connectivity index (χ0) is 19.4. The number of fused-ring (bicyclic) bond motifs is 1. The quantitative estimate of drug-likeness (QED) is 0.522. The summed E-state index contributed by atoms with van der Waals surface area (Å²) in [6, 6.07) is 8.99. The van der Waals surface area contributed by atoms with Gasteiger partial charge >= 0.3 is 5.97 Å². The van der Waals surface area contributed by atoms with Crippen molar-refractivity contribution in [3.63, 3.8) is 0 Å². The van der Waals surface area contributed by atoms with Gasteiger partial charge < -0.3 is 10.1 Å². The van der Waals surface area contributed by atoms with Gasteiger partial charge in [0.1, 0.15) is 16.7 Å². The number of amides is 1. The Hall–Kier alpha value is -3.15. The van der Waals surface area contributed by atoms with Crippen molar-refractivity contribution in [3.05, 3.63) is 58.3 Å². The van der Waals surface area contributed by atoms with E-state index < -0.39 is 18.0 Å². The predicted octanol–water partition coefficient (Wildman–Crippen LogP) is 3.50. The number of esters is 1. The summed E-state index contributed by atoms with van der Waals surface area (Å²) in [5, 5.41) is 13.9. The maximum absolute atomic E-state index is 12.1. The molecule has 0 aromatic carbocycles. The van der Waals surface area contributed by atoms with E-state index in [1.165, 1.54) is 30.4 Å². The minimum absolute atomic E-state index is 0.248. The molecule has 7 nitrogen and oxygen atoms in total. The number of pyridine rings is 1. The van der Waals surface area contributed by atoms with Crippen LogP contribution in [-0.4, -0.2) is 27.4 Å². The fourth-order valence-corrected chi connectivity index (χ4v) is 3.24. The summed E-state index contributed by atoms with van der Waals surface area (Å²) >= 11 is 7.31. The van der Waals surface area contributed by atoms with Gasteiger partial charge in [-0.05, 0) is 36.6 Å². The van der Waals surface area contributed by atoms with Crippen molar-refractivity contribution in [2.24, 2.45) is 0 Å². The molecule has 3 aromatic heterocycles. The number of thiophene rings is 1. The first-order valence-electron chi connectivity index (χ1n) is 7.79. The van der Waals surface area contributed by atoms with Crippen molar-refractivity contribution in [2.75, 3.05) is 5.32 Å². The molecule has 0 aliphatic rings. The van der Waals surface area contributed by atoms with Gasteiger partial charge in [0, 0.05) is 12.3 Å². The van der Waals surface area contributed by atoms with Gasteiger partial charge in [-0.15, -0.1) is 11.3 Å². The third-order valence-corrected chi connectivity index (χ3v) is 4.69. The standard InChI is InChI=1S/C18H13ClN4O3S/c1-11(17(25)22-18-12(10-20)7-9-27-18)26-15(24)6-5-13-16(19)21-14-4-2-3-8-23(13)14/h2-9,11H,1H3,(H,22,25)/b6-5+/t11-/m1/s1. The minimum Gasteiger partial charge on any atom is -0.449 e. The first kappa shape index (κ1) is 18.6. The Bertz CT molecular complexity index is 1080. The van der Waals surface area contributed by atoms with Gasteiger partial charge in [0.2, 0.25) is 0 Å². The molecule has 0 fully saturated rings. The second kappa shape index (κ2) is 8.03. The maximum atomic E-state index is 12.1. The van der Waals surface area contributed by atoms with E-state index in [0.29, 0.717) is 21.9 Å². The first-order chi connectivity index (χ1) is 13.0. The molecule has 3 aromatic rings. The molecule has 0 aliphatic carbocycles. The monoisotopic (exact) mass is 400 g/mol. The molecule has 0 unspecified atom stereocenters. The molecule has 1 N–H and O–H groups in total. The second-order valence-corrected chi connectivity index (χ2v) is 6.67. The summed E-state index contributed by atoms with van der Waals surface area (Å²) in [6.07, 6.45) is 3.39. The zero-order valence-corrected chi connectivity index (χ0v) is 15.6. The van der Waals surface area contributed by atoms with Crippen LogP contribution in [0.3, 0.4) is 0 Å². The normalized spacial score (nSPS) is 12.0. The average molecular weight is 401 g/mol. The van der Waals surface area contributed by atoms with E-state index in [-0.39, 0.29) is 5.15 Å². The van der Waals surface area contributed by atoms with Gasteiger partial charge in [0.25, 0.3) is 5.91 Å². The molecule has 1 atom stereocenters. The second-order valence-electron chi connectivity index (χ2n) is 5.39. The highest BCUT2D eigenvalue weighted by Gasteiger charge is 2.18. The molecule has 1 amide bonds. The topological polar surface area (TPSA) is 96.5 Å². The van der Waals surface area contributed by atoms with Gasteiger partial charge in [-0.1, -0.05) is 17.7 Å². The number of hydrogen-bond acceptors (Lipinski definition) is 6. The number of nitrogens with one attached hydrogen (secondary N) is 1. The SMILES string of the molecule is C[C@@H](OC(=O)/C=C/c1c(Cl)nc2ccccn12)C(=O)Nc1sccc1C#N. The molecule has 3 heterocycles. The summed E-state index contributed by atoms with van der Waals surface area (Å²) in [7, 11) is 0. The van der Waals surface area contributed by atoms with E-state index in [9.17, 15) is 9.59 Å². The molecule has 136 valence electrons. The highest BCUT2D eigenvalue weighted by molar-refractivity contribution is 7.14. The number of nitrogens with zero attached hydrogens (tertiary/aromatic N) is 3. The first-order valence-corrected chi connectivity index (χ1v) is 9.05. The molecular weight excluding hydrogens is 388 g/mol. The molecular formula is C18H13ClN4O3S. The van der Waals surface area contributed by atoms with Crippen LogP contribution in [0, 0.1) is 11.3 Å². The van der Waals surface area contributed by atoms with Crippen LogP contribution < -0.4 is 5.32 Å². The van der Waals surface area contributed by atoms with E-state index in [2.05, 4.69) is 10.3 Å². The highest BCUT2D eigenvalue weighted by Crippen LogP contribution is 2.22. The number of imidazole rings is 1. The molecule has 0 radical (unpaired) electrons. The Morgan fingerprint density at radius 3 is 3.04 bits per heavy atom. The number of hydrogen-bond donors (Lipinski definition) is 1. The lowest BCUT2D eigenvalue weighted by Gasteiger charge is -2.11. The third kappa shape index (κ3) is 4.16. The van der Waals surface area contributed by atoms with Gasteiger partial charge in [-0.25, -0.2) is 9.78 Å². The molecule has 0 bridgehead atoms. The van der Waals surface area contributed by atoms with Gasteiger partial charge in [0.15, 0.2) is 11.3 Å². The zero-order valence-electron chi connectivity index (χ0n) is 14.0. The summed E-state index contributed by atoms with van der Waals surface area (Å²) in [6.45, 7) is 1.45. The van der Waals surface area contributed by atoms with Gasteiger partial charge in [-0.2, -0.15) is 5.26 Å². The number of carbonyl (C=O) groups excluding carboxylic acids is 2. The molecule has 0 aliphatic heterocycles. The van der Waals surface area contributed by atoms with Crippen molar-refractivity contribution in [1.82, 2.24) is 9.38 Å². The van der Waals surface area contributed by atoms with Crippen LogP contribution in [0.15, 0.2) is 41.9 Å². The molecule has 9 heteroatoms.